The highest BCUT2D eigenvalue weighted by atomic mass is 35.5. The molecule has 0 spiro atoms. The third kappa shape index (κ3) is 4.31. The molecule has 36 heavy (non-hydrogen) atoms. The molecule has 0 saturated carbocycles. The highest BCUT2D eigenvalue weighted by Gasteiger charge is 2.26. The number of nitrogens with zero attached hydrogens (tertiary/aromatic N) is 7. The zero-order chi connectivity index (χ0) is 25.6. The standard InChI is InChI=1S/C25H29ClN8O2/c1-15(26)10-12-33-21-22(30-24(33)32-11-6-7-17(27)13-32)31(3)25(36)34(23(21)35)14-20-28-16(2)18-8-4-5-9-19(18)29-20/h4-5,8-10,17H,6-7,11-14,27H2,1-3H3/b15-10-. The maximum atomic E-state index is 13.8. The minimum Gasteiger partial charge on any atom is -0.341 e. The minimum absolute atomic E-state index is 0.0195. The van der Waals surface area contributed by atoms with Crippen molar-refractivity contribution in [3.05, 3.63) is 67.7 Å². The van der Waals surface area contributed by atoms with Crippen molar-refractivity contribution in [2.24, 2.45) is 12.8 Å². The summed E-state index contributed by atoms with van der Waals surface area (Å²) in [5.74, 6) is 1.01. The van der Waals surface area contributed by atoms with Gasteiger partial charge in [-0.25, -0.2) is 14.8 Å². The molecule has 4 aromatic rings. The first-order valence-corrected chi connectivity index (χ1v) is 12.4. The Morgan fingerprint density at radius 1 is 1.19 bits per heavy atom. The average Bonchev–Trinajstić information content (AvgIpc) is 3.24. The number of halogens is 1. The van der Waals surface area contributed by atoms with E-state index in [0.29, 0.717) is 41.1 Å². The zero-order valence-electron chi connectivity index (χ0n) is 20.6. The molecule has 1 aliphatic rings. The fraction of sp³-hybridized carbons (Fsp3) is 0.400. The number of allylic oxidation sites excluding steroid dienone is 2. The van der Waals surface area contributed by atoms with Gasteiger partial charge in [0.1, 0.15) is 5.82 Å². The van der Waals surface area contributed by atoms with Crippen LogP contribution in [0.4, 0.5) is 5.95 Å². The van der Waals surface area contributed by atoms with Gasteiger partial charge < -0.3 is 15.2 Å². The van der Waals surface area contributed by atoms with Gasteiger partial charge >= 0.3 is 5.69 Å². The van der Waals surface area contributed by atoms with E-state index in [-0.39, 0.29) is 12.6 Å². The minimum atomic E-state index is -0.475. The number of para-hydroxylation sites is 1. The van der Waals surface area contributed by atoms with Crippen LogP contribution in [0.25, 0.3) is 22.1 Å². The van der Waals surface area contributed by atoms with Crippen LogP contribution in [0.1, 0.15) is 31.3 Å². The Bertz CT molecular complexity index is 1610. The summed E-state index contributed by atoms with van der Waals surface area (Å²) in [6.45, 7) is 5.36. The van der Waals surface area contributed by atoms with E-state index < -0.39 is 11.2 Å². The quantitative estimate of drug-likeness (QED) is 0.439. The van der Waals surface area contributed by atoms with E-state index >= 15 is 0 Å². The highest BCUT2D eigenvalue weighted by molar-refractivity contribution is 6.29. The average molecular weight is 509 g/mol. The number of aryl methyl sites for hydroxylation is 2. The first-order chi connectivity index (χ1) is 17.2. The molecule has 3 aromatic heterocycles. The molecule has 1 saturated heterocycles. The molecular formula is C25H29ClN8O2. The molecule has 5 rings (SSSR count). The normalized spacial score (nSPS) is 16.9. The molecule has 1 unspecified atom stereocenters. The Balaban J connectivity index is 1.69. The van der Waals surface area contributed by atoms with E-state index in [4.69, 9.17) is 22.3 Å². The van der Waals surface area contributed by atoms with Crippen molar-refractivity contribution in [2.75, 3.05) is 18.0 Å². The summed E-state index contributed by atoms with van der Waals surface area (Å²) in [5, 5.41) is 1.53. The van der Waals surface area contributed by atoms with Gasteiger partial charge in [0.25, 0.3) is 5.56 Å². The first kappa shape index (κ1) is 24.2. The molecule has 1 aromatic carbocycles. The second kappa shape index (κ2) is 9.51. The smallest absolute Gasteiger partial charge is 0.332 e. The third-order valence-electron chi connectivity index (χ3n) is 6.65. The molecular weight excluding hydrogens is 480 g/mol. The predicted molar refractivity (Wildman–Crippen MR) is 142 cm³/mol. The van der Waals surface area contributed by atoms with Crippen LogP contribution in [0.15, 0.2) is 45.0 Å². The number of hydrogen-bond acceptors (Lipinski definition) is 7. The summed E-state index contributed by atoms with van der Waals surface area (Å²) < 4.78 is 4.41. The van der Waals surface area contributed by atoms with Crippen molar-refractivity contribution in [3.8, 4) is 0 Å². The fourth-order valence-electron chi connectivity index (χ4n) is 4.83. The summed E-state index contributed by atoms with van der Waals surface area (Å²) in [4.78, 5) is 43.1. The number of nitrogens with two attached hydrogens (primary N) is 1. The Kier molecular flexibility index (Phi) is 6.40. The number of anilines is 1. The largest absolute Gasteiger partial charge is 0.341 e. The molecule has 11 heteroatoms. The molecule has 0 aliphatic carbocycles. The van der Waals surface area contributed by atoms with Gasteiger partial charge in [-0.15, -0.1) is 0 Å². The van der Waals surface area contributed by atoms with Crippen molar-refractivity contribution < 1.29 is 0 Å². The lowest BCUT2D eigenvalue weighted by Crippen LogP contribution is -2.44. The van der Waals surface area contributed by atoms with Gasteiger partial charge in [-0.2, -0.15) is 4.98 Å². The molecule has 0 amide bonds. The highest BCUT2D eigenvalue weighted by Crippen LogP contribution is 2.23. The van der Waals surface area contributed by atoms with Crippen LogP contribution in [-0.4, -0.2) is 47.8 Å². The lowest BCUT2D eigenvalue weighted by atomic mass is 10.1. The van der Waals surface area contributed by atoms with Gasteiger partial charge in [0, 0.05) is 48.8 Å². The number of aromatic nitrogens is 6. The van der Waals surface area contributed by atoms with E-state index in [0.717, 1.165) is 36.0 Å². The fourth-order valence-corrected chi connectivity index (χ4v) is 4.90. The second-order valence-corrected chi connectivity index (χ2v) is 9.91. The van der Waals surface area contributed by atoms with Gasteiger partial charge in [-0.05, 0) is 32.8 Å². The Morgan fingerprint density at radius 3 is 2.72 bits per heavy atom. The zero-order valence-corrected chi connectivity index (χ0v) is 21.4. The number of benzene rings is 1. The van der Waals surface area contributed by atoms with Gasteiger partial charge in [0.2, 0.25) is 5.95 Å². The van der Waals surface area contributed by atoms with Crippen molar-refractivity contribution >= 4 is 39.6 Å². The van der Waals surface area contributed by atoms with Crippen molar-refractivity contribution in [1.29, 1.82) is 0 Å². The number of imidazole rings is 1. The number of piperidine rings is 1. The van der Waals surface area contributed by atoms with Crippen LogP contribution in [-0.2, 0) is 20.1 Å². The Labute approximate surface area is 212 Å². The van der Waals surface area contributed by atoms with Crippen molar-refractivity contribution in [2.45, 2.75) is 45.8 Å². The summed E-state index contributed by atoms with van der Waals surface area (Å²) in [7, 11) is 1.62. The second-order valence-electron chi connectivity index (χ2n) is 9.31. The van der Waals surface area contributed by atoms with Gasteiger partial charge in [0.15, 0.2) is 11.2 Å². The first-order valence-electron chi connectivity index (χ1n) is 12.0. The molecule has 4 heterocycles. The van der Waals surface area contributed by atoms with Crippen molar-refractivity contribution in [1.82, 2.24) is 28.7 Å². The van der Waals surface area contributed by atoms with Crippen LogP contribution in [0, 0.1) is 6.92 Å². The molecule has 0 radical (unpaired) electrons. The van der Waals surface area contributed by atoms with Crippen LogP contribution in [0.3, 0.4) is 0 Å². The van der Waals surface area contributed by atoms with Crippen LogP contribution < -0.4 is 21.9 Å². The monoisotopic (exact) mass is 508 g/mol. The van der Waals surface area contributed by atoms with Crippen LogP contribution in [0.2, 0.25) is 0 Å². The summed E-state index contributed by atoms with van der Waals surface area (Å²) in [6, 6.07) is 7.69. The Hall–Kier alpha value is -3.50. The summed E-state index contributed by atoms with van der Waals surface area (Å²) in [6.07, 6.45) is 3.69. The molecule has 2 N–H and O–H groups in total. The molecule has 1 atom stereocenters. The van der Waals surface area contributed by atoms with Gasteiger partial charge in [0.05, 0.1) is 12.1 Å². The van der Waals surface area contributed by atoms with Crippen LogP contribution >= 0.6 is 11.6 Å². The molecule has 1 fully saturated rings. The topological polar surface area (TPSA) is 117 Å². The van der Waals surface area contributed by atoms with E-state index in [2.05, 4.69) is 14.9 Å². The van der Waals surface area contributed by atoms with E-state index in [1.54, 1.807) is 14.0 Å². The van der Waals surface area contributed by atoms with E-state index in [1.807, 2.05) is 41.8 Å². The predicted octanol–water partition coefficient (Wildman–Crippen LogP) is 2.27. The molecule has 0 bridgehead atoms. The Morgan fingerprint density at radius 2 is 1.97 bits per heavy atom. The third-order valence-corrected chi connectivity index (χ3v) is 6.80. The lowest BCUT2D eigenvalue weighted by Gasteiger charge is -2.31. The molecule has 1 aliphatic heterocycles. The number of fused-ring (bicyclic) bond motifs is 2. The van der Waals surface area contributed by atoms with Gasteiger partial charge in [-0.3, -0.25) is 13.9 Å². The summed E-state index contributed by atoms with van der Waals surface area (Å²) >= 11 is 6.14. The summed E-state index contributed by atoms with van der Waals surface area (Å²) in [5.41, 5.74) is 7.52. The lowest BCUT2D eigenvalue weighted by molar-refractivity contribution is 0.495. The van der Waals surface area contributed by atoms with Gasteiger partial charge in [-0.1, -0.05) is 35.9 Å². The van der Waals surface area contributed by atoms with Crippen molar-refractivity contribution in [3.63, 3.8) is 0 Å². The number of rotatable bonds is 5. The van der Waals surface area contributed by atoms with E-state index in [1.165, 1.54) is 9.13 Å². The maximum Gasteiger partial charge on any atom is 0.332 e. The number of hydrogen-bond donors (Lipinski definition) is 1. The molecule has 188 valence electrons. The molecule has 10 nitrogen and oxygen atoms in total. The maximum absolute atomic E-state index is 13.8. The van der Waals surface area contributed by atoms with Crippen LogP contribution in [0.5, 0.6) is 0 Å². The van der Waals surface area contributed by atoms with E-state index in [9.17, 15) is 9.59 Å². The SMILES string of the molecule is C/C(Cl)=C/Cn1c(N2CCCC(N)C2)nc2c1c(=O)n(Cc1nc(C)c3ccccc3n1)c(=O)n2C.